The van der Waals surface area contributed by atoms with Gasteiger partial charge in [0.1, 0.15) is 0 Å². The maximum Gasteiger partial charge on any atom is 0.0519 e. The summed E-state index contributed by atoms with van der Waals surface area (Å²) in [4.78, 5) is 5.96. The van der Waals surface area contributed by atoms with Gasteiger partial charge in [0, 0.05) is 11.4 Å². The monoisotopic (exact) mass is 255 g/mol. The molecule has 1 rings (SSSR count). The van der Waals surface area contributed by atoms with Crippen molar-refractivity contribution in [3.05, 3.63) is 22.4 Å². The molecular weight excluding hydrogens is 230 g/mol. The highest BCUT2D eigenvalue weighted by Crippen LogP contribution is 2.17. The SMILES string of the molecule is CCN(CCCN(C)C)CC(N)c1cccs1. The van der Waals surface area contributed by atoms with Crippen molar-refractivity contribution in [3.8, 4) is 0 Å². The molecule has 1 aromatic rings. The number of thiophene rings is 1. The summed E-state index contributed by atoms with van der Waals surface area (Å²) >= 11 is 1.75. The lowest BCUT2D eigenvalue weighted by molar-refractivity contribution is 0.253. The van der Waals surface area contributed by atoms with E-state index in [0.717, 1.165) is 26.2 Å². The number of likely N-dealkylation sites (N-methyl/N-ethyl adjacent to an activating group) is 1. The van der Waals surface area contributed by atoms with Crippen LogP contribution in [0.2, 0.25) is 0 Å². The van der Waals surface area contributed by atoms with Crippen LogP contribution in [-0.2, 0) is 0 Å². The van der Waals surface area contributed by atoms with Crippen LogP contribution in [0.1, 0.15) is 24.3 Å². The van der Waals surface area contributed by atoms with Crippen LogP contribution in [0.4, 0.5) is 0 Å². The highest BCUT2D eigenvalue weighted by atomic mass is 32.1. The molecule has 1 atom stereocenters. The lowest BCUT2D eigenvalue weighted by Crippen LogP contribution is -2.33. The van der Waals surface area contributed by atoms with Crippen LogP contribution in [-0.4, -0.2) is 50.1 Å². The third-order valence-corrected chi connectivity index (χ3v) is 3.89. The van der Waals surface area contributed by atoms with Gasteiger partial charge in [-0.15, -0.1) is 11.3 Å². The largest absolute Gasteiger partial charge is 0.322 e. The van der Waals surface area contributed by atoms with Crippen molar-refractivity contribution in [2.24, 2.45) is 5.73 Å². The Morgan fingerprint density at radius 1 is 1.35 bits per heavy atom. The smallest absolute Gasteiger partial charge is 0.0519 e. The van der Waals surface area contributed by atoms with E-state index in [2.05, 4.69) is 48.3 Å². The van der Waals surface area contributed by atoms with Crippen LogP contribution in [0.15, 0.2) is 17.5 Å². The predicted octanol–water partition coefficient (Wildman–Crippen LogP) is 2.02. The molecule has 0 saturated carbocycles. The Morgan fingerprint density at radius 2 is 2.12 bits per heavy atom. The van der Waals surface area contributed by atoms with Crippen LogP contribution in [0.25, 0.3) is 0 Å². The molecule has 0 aliphatic rings. The third kappa shape index (κ3) is 5.64. The predicted molar refractivity (Wildman–Crippen MR) is 76.5 cm³/mol. The Morgan fingerprint density at radius 3 is 2.65 bits per heavy atom. The summed E-state index contributed by atoms with van der Waals surface area (Å²) in [6.45, 7) is 6.52. The van der Waals surface area contributed by atoms with Crippen molar-refractivity contribution >= 4 is 11.3 Å². The number of hydrogen-bond donors (Lipinski definition) is 1. The van der Waals surface area contributed by atoms with E-state index in [1.807, 2.05) is 0 Å². The Kier molecular flexibility index (Phi) is 6.73. The van der Waals surface area contributed by atoms with Gasteiger partial charge in [-0.05, 0) is 51.6 Å². The lowest BCUT2D eigenvalue weighted by Gasteiger charge is -2.24. The van der Waals surface area contributed by atoms with E-state index in [1.54, 1.807) is 11.3 Å². The average Bonchev–Trinajstić information content (AvgIpc) is 2.80. The van der Waals surface area contributed by atoms with E-state index in [9.17, 15) is 0 Å². The molecular formula is C13H25N3S. The van der Waals surface area contributed by atoms with Crippen molar-refractivity contribution in [1.82, 2.24) is 9.80 Å². The summed E-state index contributed by atoms with van der Waals surface area (Å²) in [7, 11) is 4.24. The van der Waals surface area contributed by atoms with E-state index >= 15 is 0 Å². The van der Waals surface area contributed by atoms with Crippen LogP contribution in [0, 0.1) is 0 Å². The van der Waals surface area contributed by atoms with Crippen molar-refractivity contribution in [3.63, 3.8) is 0 Å². The molecule has 98 valence electrons. The summed E-state index contributed by atoms with van der Waals surface area (Å²) in [5, 5.41) is 2.09. The summed E-state index contributed by atoms with van der Waals surface area (Å²) in [6, 6.07) is 4.36. The van der Waals surface area contributed by atoms with Crippen LogP contribution in [0.3, 0.4) is 0 Å². The van der Waals surface area contributed by atoms with Gasteiger partial charge in [-0.25, -0.2) is 0 Å². The zero-order chi connectivity index (χ0) is 12.7. The zero-order valence-corrected chi connectivity index (χ0v) is 12.0. The van der Waals surface area contributed by atoms with E-state index in [1.165, 1.54) is 11.3 Å². The summed E-state index contributed by atoms with van der Waals surface area (Å²) < 4.78 is 0. The molecule has 0 spiro atoms. The molecule has 0 fully saturated rings. The normalized spacial score (nSPS) is 13.5. The quantitative estimate of drug-likeness (QED) is 0.771. The second-order valence-corrected chi connectivity index (χ2v) is 5.65. The fraction of sp³-hybridized carbons (Fsp3) is 0.692. The average molecular weight is 255 g/mol. The zero-order valence-electron chi connectivity index (χ0n) is 11.2. The first-order valence-electron chi connectivity index (χ1n) is 6.29. The Labute approximate surface area is 109 Å². The first kappa shape index (κ1) is 14.6. The fourth-order valence-electron chi connectivity index (χ4n) is 1.86. The van der Waals surface area contributed by atoms with Crippen LogP contribution < -0.4 is 5.73 Å². The van der Waals surface area contributed by atoms with Crippen molar-refractivity contribution in [2.75, 3.05) is 40.3 Å². The minimum absolute atomic E-state index is 0.161. The van der Waals surface area contributed by atoms with Crippen molar-refractivity contribution in [2.45, 2.75) is 19.4 Å². The molecule has 1 heterocycles. The number of nitrogens with zero attached hydrogens (tertiary/aromatic N) is 2. The molecule has 3 nitrogen and oxygen atoms in total. The highest BCUT2D eigenvalue weighted by molar-refractivity contribution is 7.10. The third-order valence-electron chi connectivity index (χ3n) is 2.89. The molecule has 1 unspecified atom stereocenters. The number of nitrogens with two attached hydrogens (primary N) is 1. The van der Waals surface area contributed by atoms with E-state index in [0.29, 0.717) is 0 Å². The molecule has 17 heavy (non-hydrogen) atoms. The van der Waals surface area contributed by atoms with Gasteiger partial charge >= 0.3 is 0 Å². The van der Waals surface area contributed by atoms with Gasteiger partial charge in [0.25, 0.3) is 0 Å². The number of hydrogen-bond acceptors (Lipinski definition) is 4. The van der Waals surface area contributed by atoms with Gasteiger partial charge in [0.2, 0.25) is 0 Å². The Hall–Kier alpha value is -0.420. The van der Waals surface area contributed by atoms with Crippen LogP contribution in [0.5, 0.6) is 0 Å². The lowest BCUT2D eigenvalue weighted by atomic mass is 10.2. The fourth-order valence-corrected chi connectivity index (χ4v) is 2.58. The summed E-state index contributed by atoms with van der Waals surface area (Å²) in [6.07, 6.45) is 1.21. The van der Waals surface area contributed by atoms with E-state index < -0.39 is 0 Å². The standard InChI is InChI=1S/C13H25N3S/c1-4-16(9-6-8-15(2)3)11-12(14)13-7-5-10-17-13/h5,7,10,12H,4,6,8-9,11,14H2,1-3H3. The molecule has 0 radical (unpaired) electrons. The van der Waals surface area contributed by atoms with Crippen molar-refractivity contribution < 1.29 is 0 Å². The molecule has 0 amide bonds. The Bertz CT molecular complexity index is 285. The van der Waals surface area contributed by atoms with Gasteiger partial charge in [0.05, 0.1) is 6.04 Å². The van der Waals surface area contributed by atoms with Crippen LogP contribution >= 0.6 is 11.3 Å². The molecule has 0 bridgehead atoms. The number of rotatable bonds is 8. The minimum Gasteiger partial charge on any atom is -0.322 e. The van der Waals surface area contributed by atoms with E-state index in [-0.39, 0.29) is 6.04 Å². The van der Waals surface area contributed by atoms with Gasteiger partial charge in [-0.1, -0.05) is 13.0 Å². The molecule has 0 aromatic carbocycles. The topological polar surface area (TPSA) is 32.5 Å². The van der Waals surface area contributed by atoms with Gasteiger partial charge in [-0.2, -0.15) is 0 Å². The highest BCUT2D eigenvalue weighted by Gasteiger charge is 2.11. The van der Waals surface area contributed by atoms with Gasteiger partial charge in [0.15, 0.2) is 0 Å². The Balaban J connectivity index is 2.31. The second-order valence-electron chi connectivity index (χ2n) is 4.67. The summed E-state index contributed by atoms with van der Waals surface area (Å²) in [5.41, 5.74) is 6.21. The second kappa shape index (κ2) is 7.82. The van der Waals surface area contributed by atoms with Gasteiger partial charge < -0.3 is 15.5 Å². The first-order valence-corrected chi connectivity index (χ1v) is 7.17. The molecule has 0 aliphatic carbocycles. The van der Waals surface area contributed by atoms with Gasteiger partial charge in [-0.3, -0.25) is 0 Å². The molecule has 4 heteroatoms. The molecule has 0 saturated heterocycles. The molecule has 1 aromatic heterocycles. The van der Waals surface area contributed by atoms with Crippen molar-refractivity contribution in [1.29, 1.82) is 0 Å². The maximum atomic E-state index is 6.21. The first-order chi connectivity index (χ1) is 8.13. The minimum atomic E-state index is 0.161. The summed E-state index contributed by atoms with van der Waals surface area (Å²) in [5.74, 6) is 0. The van der Waals surface area contributed by atoms with E-state index in [4.69, 9.17) is 5.73 Å². The maximum absolute atomic E-state index is 6.21. The molecule has 0 aliphatic heterocycles. The molecule has 2 N–H and O–H groups in total.